The summed E-state index contributed by atoms with van der Waals surface area (Å²) < 4.78 is 2.01. The lowest BCUT2D eigenvalue weighted by Gasteiger charge is -2.14. The van der Waals surface area contributed by atoms with E-state index in [0.29, 0.717) is 19.0 Å². The molecule has 0 aliphatic rings. The zero-order chi connectivity index (χ0) is 15.9. The minimum atomic E-state index is -0.177. The van der Waals surface area contributed by atoms with Gasteiger partial charge in [-0.2, -0.15) is 0 Å². The van der Waals surface area contributed by atoms with Crippen molar-refractivity contribution in [3.63, 3.8) is 0 Å². The van der Waals surface area contributed by atoms with Crippen LogP contribution in [0.25, 0.3) is 0 Å². The van der Waals surface area contributed by atoms with Crippen LogP contribution >= 0.6 is 11.8 Å². The second-order valence-electron chi connectivity index (χ2n) is 5.56. The molecule has 0 fully saturated rings. The average molecular weight is 318 g/mol. The summed E-state index contributed by atoms with van der Waals surface area (Å²) in [6.07, 6.45) is 5.45. The lowest BCUT2D eigenvalue weighted by molar-refractivity contribution is -0.120. The van der Waals surface area contributed by atoms with Crippen molar-refractivity contribution in [1.82, 2.24) is 19.9 Å². The van der Waals surface area contributed by atoms with E-state index in [9.17, 15) is 4.79 Å². The van der Waals surface area contributed by atoms with Crippen molar-refractivity contribution in [2.45, 2.75) is 37.7 Å². The number of hydrogen-bond donors (Lipinski definition) is 1. The topological polar surface area (TPSA) is 59.8 Å². The van der Waals surface area contributed by atoms with E-state index >= 15 is 0 Å². The van der Waals surface area contributed by atoms with Gasteiger partial charge in [-0.15, -0.1) is 0 Å². The van der Waals surface area contributed by atoms with Crippen molar-refractivity contribution in [2.75, 3.05) is 6.54 Å². The van der Waals surface area contributed by atoms with Crippen molar-refractivity contribution in [1.29, 1.82) is 0 Å². The van der Waals surface area contributed by atoms with Crippen molar-refractivity contribution in [3.05, 3.63) is 42.5 Å². The maximum absolute atomic E-state index is 12.1. The summed E-state index contributed by atoms with van der Waals surface area (Å²) in [4.78, 5) is 20.7. The molecule has 0 spiro atoms. The Balaban J connectivity index is 1.96. The molecule has 0 saturated carbocycles. The van der Waals surface area contributed by atoms with Crippen LogP contribution in [0.5, 0.6) is 0 Å². The van der Waals surface area contributed by atoms with Crippen LogP contribution in [0, 0.1) is 5.92 Å². The number of hydrogen-bond acceptors (Lipinski definition) is 4. The van der Waals surface area contributed by atoms with Crippen LogP contribution in [0.2, 0.25) is 0 Å². The molecule has 2 heterocycles. The SMILES string of the molecule is CC(C)CNC(=O)C(C)Sc1nccn1Cc1ccccn1. The first-order valence-corrected chi connectivity index (χ1v) is 8.29. The molecule has 1 N–H and O–H groups in total. The predicted octanol–water partition coefficient (Wildman–Crippen LogP) is 2.58. The minimum Gasteiger partial charge on any atom is -0.355 e. The largest absolute Gasteiger partial charge is 0.355 e. The summed E-state index contributed by atoms with van der Waals surface area (Å²) in [5.74, 6) is 0.498. The number of pyridine rings is 1. The number of aromatic nitrogens is 3. The standard InChI is InChI=1S/C16H22N4OS/c1-12(2)10-19-15(21)13(3)22-16-18-8-9-20(16)11-14-6-4-5-7-17-14/h4-9,12-13H,10-11H2,1-3H3,(H,19,21). The molecule has 1 atom stereocenters. The van der Waals surface area contributed by atoms with E-state index in [0.717, 1.165) is 10.9 Å². The van der Waals surface area contributed by atoms with Crippen LogP contribution in [-0.2, 0) is 11.3 Å². The molecular weight excluding hydrogens is 296 g/mol. The van der Waals surface area contributed by atoms with Crippen molar-refractivity contribution >= 4 is 17.7 Å². The van der Waals surface area contributed by atoms with Crippen LogP contribution in [0.4, 0.5) is 0 Å². The van der Waals surface area contributed by atoms with Gasteiger partial charge < -0.3 is 9.88 Å². The molecule has 2 aromatic heterocycles. The van der Waals surface area contributed by atoms with Crippen LogP contribution in [-0.4, -0.2) is 32.2 Å². The minimum absolute atomic E-state index is 0.0473. The number of thioether (sulfide) groups is 1. The summed E-state index contributed by atoms with van der Waals surface area (Å²) >= 11 is 1.47. The molecule has 22 heavy (non-hydrogen) atoms. The van der Waals surface area contributed by atoms with Crippen LogP contribution in [0.3, 0.4) is 0 Å². The van der Waals surface area contributed by atoms with Gasteiger partial charge >= 0.3 is 0 Å². The quantitative estimate of drug-likeness (QED) is 0.797. The Morgan fingerprint density at radius 1 is 1.27 bits per heavy atom. The third-order valence-electron chi connectivity index (χ3n) is 3.07. The third kappa shape index (κ3) is 4.87. The second kappa shape index (κ2) is 7.98. The first-order valence-electron chi connectivity index (χ1n) is 7.41. The molecule has 0 aliphatic carbocycles. The molecule has 0 aliphatic heterocycles. The fourth-order valence-corrected chi connectivity index (χ4v) is 2.75. The van der Waals surface area contributed by atoms with E-state index in [4.69, 9.17) is 0 Å². The Hall–Kier alpha value is -1.82. The molecule has 0 aromatic carbocycles. The molecule has 0 radical (unpaired) electrons. The molecule has 2 rings (SSSR count). The van der Waals surface area contributed by atoms with E-state index in [1.807, 2.05) is 35.9 Å². The number of carbonyl (C=O) groups is 1. The Bertz CT molecular complexity index is 597. The van der Waals surface area contributed by atoms with Gasteiger partial charge in [0.15, 0.2) is 5.16 Å². The fraction of sp³-hybridized carbons (Fsp3) is 0.438. The summed E-state index contributed by atoms with van der Waals surface area (Å²) in [6.45, 7) is 7.42. The van der Waals surface area contributed by atoms with E-state index in [1.165, 1.54) is 11.8 Å². The van der Waals surface area contributed by atoms with Gasteiger partial charge in [0.25, 0.3) is 0 Å². The summed E-state index contributed by atoms with van der Waals surface area (Å²) in [7, 11) is 0. The lowest BCUT2D eigenvalue weighted by atomic mass is 10.2. The molecule has 6 heteroatoms. The maximum atomic E-state index is 12.1. The van der Waals surface area contributed by atoms with Crippen LogP contribution in [0.15, 0.2) is 41.9 Å². The first kappa shape index (κ1) is 16.5. The lowest BCUT2D eigenvalue weighted by Crippen LogP contribution is -2.33. The van der Waals surface area contributed by atoms with Gasteiger partial charge in [0.1, 0.15) is 0 Å². The predicted molar refractivity (Wildman–Crippen MR) is 88.7 cm³/mol. The zero-order valence-electron chi connectivity index (χ0n) is 13.2. The maximum Gasteiger partial charge on any atom is 0.233 e. The smallest absolute Gasteiger partial charge is 0.233 e. The molecular formula is C16H22N4OS. The monoisotopic (exact) mass is 318 g/mol. The molecule has 1 amide bonds. The Morgan fingerprint density at radius 2 is 2.09 bits per heavy atom. The number of carbonyl (C=O) groups excluding carboxylic acids is 1. The normalized spacial score (nSPS) is 12.4. The van der Waals surface area contributed by atoms with Crippen LogP contribution in [0.1, 0.15) is 26.5 Å². The number of rotatable bonds is 7. The van der Waals surface area contributed by atoms with Gasteiger partial charge in [0.2, 0.25) is 5.91 Å². The first-order chi connectivity index (χ1) is 10.6. The van der Waals surface area contributed by atoms with Crippen molar-refractivity contribution < 1.29 is 4.79 Å². The number of nitrogens with one attached hydrogen (secondary N) is 1. The Labute approximate surface area is 135 Å². The fourth-order valence-electron chi connectivity index (χ4n) is 1.86. The molecule has 0 saturated heterocycles. The summed E-state index contributed by atoms with van der Waals surface area (Å²) in [5, 5.41) is 3.61. The summed E-state index contributed by atoms with van der Waals surface area (Å²) in [6, 6.07) is 5.84. The Morgan fingerprint density at radius 3 is 2.77 bits per heavy atom. The molecule has 118 valence electrons. The zero-order valence-corrected chi connectivity index (χ0v) is 14.0. The number of imidazole rings is 1. The van der Waals surface area contributed by atoms with Gasteiger partial charge in [-0.25, -0.2) is 4.98 Å². The van der Waals surface area contributed by atoms with E-state index in [1.54, 1.807) is 12.4 Å². The molecule has 5 nitrogen and oxygen atoms in total. The van der Waals surface area contributed by atoms with E-state index in [-0.39, 0.29) is 11.2 Å². The molecule has 0 bridgehead atoms. The number of nitrogens with zero attached hydrogens (tertiary/aromatic N) is 3. The van der Waals surface area contributed by atoms with Crippen molar-refractivity contribution in [2.24, 2.45) is 5.92 Å². The highest BCUT2D eigenvalue weighted by Crippen LogP contribution is 2.22. The van der Waals surface area contributed by atoms with Gasteiger partial charge in [-0.3, -0.25) is 9.78 Å². The molecule has 1 unspecified atom stereocenters. The van der Waals surface area contributed by atoms with Gasteiger partial charge in [-0.05, 0) is 25.0 Å². The Kier molecular flexibility index (Phi) is 6.00. The van der Waals surface area contributed by atoms with Gasteiger partial charge in [-0.1, -0.05) is 31.7 Å². The van der Waals surface area contributed by atoms with Gasteiger partial charge in [0.05, 0.1) is 17.5 Å². The third-order valence-corrected chi connectivity index (χ3v) is 4.19. The highest BCUT2D eigenvalue weighted by Gasteiger charge is 2.17. The highest BCUT2D eigenvalue weighted by atomic mass is 32.2. The van der Waals surface area contributed by atoms with E-state index < -0.39 is 0 Å². The van der Waals surface area contributed by atoms with Crippen molar-refractivity contribution in [3.8, 4) is 0 Å². The molecule has 2 aromatic rings. The average Bonchev–Trinajstić information content (AvgIpc) is 2.92. The van der Waals surface area contributed by atoms with Crippen LogP contribution < -0.4 is 5.32 Å². The number of amides is 1. The summed E-state index contributed by atoms with van der Waals surface area (Å²) in [5.41, 5.74) is 0.972. The second-order valence-corrected chi connectivity index (χ2v) is 6.87. The van der Waals surface area contributed by atoms with Gasteiger partial charge in [0, 0.05) is 25.1 Å². The highest BCUT2D eigenvalue weighted by molar-refractivity contribution is 8.00. The van der Waals surface area contributed by atoms with E-state index in [2.05, 4.69) is 29.1 Å².